The van der Waals surface area contributed by atoms with Gasteiger partial charge in [-0.05, 0) is 25.0 Å². The Balaban J connectivity index is 3.17. The van der Waals surface area contributed by atoms with Gasteiger partial charge in [-0.25, -0.2) is 0 Å². The van der Waals surface area contributed by atoms with Crippen LogP contribution in [0, 0.1) is 0 Å². The van der Waals surface area contributed by atoms with Gasteiger partial charge in [0.15, 0.2) is 5.78 Å². The van der Waals surface area contributed by atoms with Crippen LogP contribution in [0.15, 0.2) is 40.1 Å². The van der Waals surface area contributed by atoms with E-state index in [1.165, 1.54) is 5.56 Å². The van der Waals surface area contributed by atoms with E-state index in [2.05, 4.69) is 19.1 Å². The van der Waals surface area contributed by atoms with Crippen molar-refractivity contribution in [3.05, 3.63) is 45.7 Å². The molecular weight excluding hydrogens is 248 g/mol. The lowest BCUT2D eigenvalue weighted by Crippen LogP contribution is -2.08. The molecule has 0 aliphatic carbocycles. The number of hydrogen-bond donors (Lipinski definition) is 0. The van der Waals surface area contributed by atoms with Crippen LogP contribution in [0.4, 0.5) is 0 Å². The standard InChI is InChI=1S/C14H18OS2/c1-10(12-8-6-5-7-9-12)13(11(2)15)14(16-3)17-4/h5-10H,1-4H3/t10-/m1/s1. The van der Waals surface area contributed by atoms with Gasteiger partial charge >= 0.3 is 0 Å². The highest BCUT2D eigenvalue weighted by molar-refractivity contribution is 8.21. The molecule has 0 aliphatic heterocycles. The molecule has 0 amide bonds. The normalized spacial score (nSPS) is 12.0. The minimum Gasteiger partial charge on any atom is -0.295 e. The van der Waals surface area contributed by atoms with Gasteiger partial charge in [-0.3, -0.25) is 4.79 Å². The Labute approximate surface area is 112 Å². The Kier molecular flexibility index (Phi) is 5.86. The molecule has 0 N–H and O–H groups in total. The van der Waals surface area contributed by atoms with Crippen molar-refractivity contribution in [3.8, 4) is 0 Å². The van der Waals surface area contributed by atoms with E-state index in [0.29, 0.717) is 0 Å². The van der Waals surface area contributed by atoms with Crippen LogP contribution in [0.1, 0.15) is 25.3 Å². The highest BCUT2D eigenvalue weighted by atomic mass is 32.2. The molecule has 0 saturated heterocycles. The number of hydrogen-bond acceptors (Lipinski definition) is 3. The smallest absolute Gasteiger partial charge is 0.158 e. The zero-order valence-corrected chi connectivity index (χ0v) is 12.3. The summed E-state index contributed by atoms with van der Waals surface area (Å²) in [5.41, 5.74) is 2.12. The fourth-order valence-corrected chi connectivity index (χ4v) is 3.58. The third-order valence-corrected chi connectivity index (χ3v) is 4.88. The van der Waals surface area contributed by atoms with Crippen LogP contribution in [0.3, 0.4) is 0 Å². The first-order valence-electron chi connectivity index (χ1n) is 5.49. The molecule has 1 aromatic rings. The summed E-state index contributed by atoms with van der Waals surface area (Å²) in [4.78, 5) is 11.8. The summed E-state index contributed by atoms with van der Waals surface area (Å²) in [5.74, 6) is 0.323. The molecule has 1 rings (SSSR count). The lowest BCUT2D eigenvalue weighted by molar-refractivity contribution is -0.113. The van der Waals surface area contributed by atoms with E-state index in [9.17, 15) is 4.79 Å². The summed E-state index contributed by atoms with van der Waals surface area (Å²) in [6.45, 7) is 3.75. The molecule has 0 aromatic heterocycles. The molecule has 0 aliphatic rings. The topological polar surface area (TPSA) is 17.1 Å². The van der Waals surface area contributed by atoms with Gasteiger partial charge in [0.25, 0.3) is 0 Å². The van der Waals surface area contributed by atoms with Crippen molar-refractivity contribution in [2.45, 2.75) is 19.8 Å². The summed E-state index contributed by atoms with van der Waals surface area (Å²) in [5, 5.41) is 0. The Morgan fingerprint density at radius 3 is 2.06 bits per heavy atom. The van der Waals surface area contributed by atoms with Crippen molar-refractivity contribution in [1.29, 1.82) is 0 Å². The van der Waals surface area contributed by atoms with Gasteiger partial charge in [-0.2, -0.15) is 0 Å². The first kappa shape index (κ1) is 14.4. The van der Waals surface area contributed by atoms with Crippen LogP contribution in [0.2, 0.25) is 0 Å². The van der Waals surface area contributed by atoms with Gasteiger partial charge in [0, 0.05) is 15.7 Å². The van der Waals surface area contributed by atoms with Gasteiger partial charge in [0.1, 0.15) is 0 Å². The first-order chi connectivity index (χ1) is 8.11. The molecule has 0 heterocycles. The minimum atomic E-state index is 0.156. The van der Waals surface area contributed by atoms with Crippen LogP contribution in [0.25, 0.3) is 0 Å². The summed E-state index contributed by atoms with van der Waals surface area (Å²) < 4.78 is 1.12. The fourth-order valence-electron chi connectivity index (χ4n) is 1.84. The van der Waals surface area contributed by atoms with Crippen molar-refractivity contribution in [2.75, 3.05) is 12.5 Å². The largest absolute Gasteiger partial charge is 0.295 e. The van der Waals surface area contributed by atoms with E-state index in [4.69, 9.17) is 0 Å². The van der Waals surface area contributed by atoms with E-state index in [1.54, 1.807) is 30.4 Å². The van der Waals surface area contributed by atoms with E-state index in [1.807, 2.05) is 30.7 Å². The number of ketones is 1. The third-order valence-electron chi connectivity index (χ3n) is 2.70. The Morgan fingerprint density at radius 1 is 1.12 bits per heavy atom. The highest BCUT2D eigenvalue weighted by Gasteiger charge is 2.19. The average molecular weight is 266 g/mol. The van der Waals surface area contributed by atoms with Crippen molar-refractivity contribution in [3.63, 3.8) is 0 Å². The number of rotatable bonds is 5. The number of thioether (sulfide) groups is 2. The fraction of sp³-hybridized carbons (Fsp3) is 0.357. The second-order valence-corrected chi connectivity index (χ2v) is 5.69. The number of allylic oxidation sites excluding steroid dienone is 1. The molecule has 0 fully saturated rings. The monoisotopic (exact) mass is 266 g/mol. The highest BCUT2D eigenvalue weighted by Crippen LogP contribution is 2.35. The first-order valence-corrected chi connectivity index (χ1v) is 7.94. The molecule has 0 unspecified atom stereocenters. The summed E-state index contributed by atoms with van der Waals surface area (Å²) >= 11 is 3.30. The van der Waals surface area contributed by atoms with Crippen LogP contribution in [0.5, 0.6) is 0 Å². The number of carbonyl (C=O) groups is 1. The second-order valence-electron chi connectivity index (χ2n) is 3.80. The minimum absolute atomic E-state index is 0.156. The summed E-state index contributed by atoms with van der Waals surface area (Å²) in [7, 11) is 0. The average Bonchev–Trinajstić information content (AvgIpc) is 2.35. The Bertz CT molecular complexity index is 403. The van der Waals surface area contributed by atoms with Crippen LogP contribution in [-0.4, -0.2) is 18.3 Å². The summed E-state index contributed by atoms with van der Waals surface area (Å²) in [6.07, 6.45) is 4.04. The van der Waals surface area contributed by atoms with Crippen LogP contribution < -0.4 is 0 Å². The predicted molar refractivity (Wildman–Crippen MR) is 79.6 cm³/mol. The molecule has 0 bridgehead atoms. The molecule has 0 spiro atoms. The molecule has 17 heavy (non-hydrogen) atoms. The number of benzene rings is 1. The molecule has 3 heteroatoms. The van der Waals surface area contributed by atoms with Gasteiger partial charge in [0.2, 0.25) is 0 Å². The van der Waals surface area contributed by atoms with Gasteiger partial charge in [0.05, 0.1) is 0 Å². The molecule has 0 radical (unpaired) electrons. The molecule has 92 valence electrons. The van der Waals surface area contributed by atoms with Gasteiger partial charge in [-0.15, -0.1) is 23.5 Å². The van der Waals surface area contributed by atoms with Crippen molar-refractivity contribution >= 4 is 29.3 Å². The van der Waals surface area contributed by atoms with Crippen molar-refractivity contribution < 1.29 is 4.79 Å². The van der Waals surface area contributed by atoms with E-state index >= 15 is 0 Å². The maximum absolute atomic E-state index is 11.8. The SMILES string of the molecule is CSC(SC)=C(C(C)=O)[C@H](C)c1ccccc1. The third kappa shape index (κ3) is 3.65. The molecule has 1 nitrogen and oxygen atoms in total. The molecular formula is C14H18OS2. The van der Waals surface area contributed by atoms with Crippen LogP contribution >= 0.6 is 23.5 Å². The Hall–Kier alpha value is -0.670. The predicted octanol–water partition coefficient (Wildman–Crippen LogP) is 4.32. The maximum Gasteiger partial charge on any atom is 0.158 e. The number of carbonyl (C=O) groups excluding carboxylic acids is 1. The van der Waals surface area contributed by atoms with Gasteiger partial charge in [-0.1, -0.05) is 37.3 Å². The quantitative estimate of drug-likeness (QED) is 0.739. The van der Waals surface area contributed by atoms with Gasteiger partial charge < -0.3 is 0 Å². The molecule has 1 aromatic carbocycles. The van der Waals surface area contributed by atoms with E-state index in [0.717, 1.165) is 9.81 Å². The van der Waals surface area contributed by atoms with E-state index < -0.39 is 0 Å². The lowest BCUT2D eigenvalue weighted by Gasteiger charge is -2.17. The van der Waals surface area contributed by atoms with Crippen LogP contribution in [-0.2, 0) is 4.79 Å². The zero-order chi connectivity index (χ0) is 12.8. The Morgan fingerprint density at radius 2 is 1.65 bits per heavy atom. The second kappa shape index (κ2) is 6.92. The van der Waals surface area contributed by atoms with Crippen molar-refractivity contribution in [2.24, 2.45) is 0 Å². The number of Topliss-reactive ketones (excluding diaryl/α,β-unsaturated/α-hetero) is 1. The summed E-state index contributed by atoms with van der Waals surface area (Å²) in [6, 6.07) is 10.2. The lowest BCUT2D eigenvalue weighted by atomic mass is 9.92. The molecule has 0 saturated carbocycles. The van der Waals surface area contributed by atoms with Crippen molar-refractivity contribution in [1.82, 2.24) is 0 Å². The molecule has 1 atom stereocenters. The zero-order valence-electron chi connectivity index (χ0n) is 10.7. The maximum atomic E-state index is 11.8. The van der Waals surface area contributed by atoms with E-state index in [-0.39, 0.29) is 11.7 Å².